The fraction of sp³-hybridized carbons (Fsp3) is 0.750. The van der Waals surface area contributed by atoms with E-state index >= 15 is 0 Å². The van der Waals surface area contributed by atoms with Crippen LogP contribution >= 0.6 is 0 Å². The molecule has 210 valence electrons. The van der Waals surface area contributed by atoms with Gasteiger partial charge in [0.2, 0.25) is 17.6 Å². The molecule has 11 heteroatoms. The van der Waals surface area contributed by atoms with Crippen molar-refractivity contribution >= 4 is 22.9 Å². The van der Waals surface area contributed by atoms with Gasteiger partial charge in [-0.05, 0) is 69.6 Å². The minimum Gasteiger partial charge on any atom is -0.374 e. The number of fused-ring (bicyclic) bond motifs is 2. The minimum absolute atomic E-state index is 0.223. The molecule has 3 aliphatic carbocycles. The van der Waals surface area contributed by atoms with Crippen LogP contribution in [0.3, 0.4) is 0 Å². The summed E-state index contributed by atoms with van der Waals surface area (Å²) in [4.78, 5) is 33.1. The van der Waals surface area contributed by atoms with Crippen LogP contribution in [0.25, 0.3) is 22.8 Å². The predicted octanol–water partition coefficient (Wildman–Crippen LogP) is 4.35. The topological polar surface area (TPSA) is 127 Å². The van der Waals surface area contributed by atoms with Crippen LogP contribution in [0, 0.1) is 17.8 Å². The standard InChI is InChI=1S/C28H40N8O3/c1-16-9-11-18(12-10-16)15-36-22-23(29-17(2)19-5-3-6-19)30-25(26-33-28(37)39-34-26)31-24(22)32-27(36)35-13-14-38-21-8-4-7-20(21)35/h16-21H,3-15H2,1-2H3,(H,29,30,31)(H,33,34,37)/t16-,17-,18-,20?,21?/m1/s1. The Kier molecular flexibility index (Phi) is 6.57. The third-order valence-corrected chi connectivity index (χ3v) is 9.77. The van der Waals surface area contributed by atoms with Crippen LogP contribution in [0.1, 0.15) is 78.1 Å². The SMILES string of the molecule is C[C@@H](Nc1nc(-c2nc(=O)o[nH]2)nc2nc(N3CCOC4CCCC43)n(C[C@H]3CC[C@H](C)CC3)c12)C1CCC1. The normalized spacial score (nSPS) is 28.4. The Hall–Kier alpha value is -2.95. The fourth-order valence-corrected chi connectivity index (χ4v) is 7.17. The molecule has 0 radical (unpaired) electrons. The van der Waals surface area contributed by atoms with Gasteiger partial charge in [-0.2, -0.15) is 10.1 Å². The van der Waals surface area contributed by atoms with Crippen molar-refractivity contribution in [2.75, 3.05) is 23.4 Å². The molecule has 0 bridgehead atoms. The Labute approximate surface area is 228 Å². The molecular weight excluding hydrogens is 496 g/mol. The van der Waals surface area contributed by atoms with E-state index in [-0.39, 0.29) is 18.0 Å². The van der Waals surface area contributed by atoms with E-state index in [1.807, 2.05) is 0 Å². The number of nitrogens with zero attached hydrogens (tertiary/aromatic N) is 6. The molecule has 4 fully saturated rings. The van der Waals surface area contributed by atoms with Gasteiger partial charge in [0.15, 0.2) is 11.5 Å². The Morgan fingerprint density at radius 2 is 1.85 bits per heavy atom. The molecule has 3 saturated carbocycles. The highest BCUT2D eigenvalue weighted by molar-refractivity contribution is 5.87. The average Bonchev–Trinajstić information content (AvgIpc) is 3.63. The molecule has 39 heavy (non-hydrogen) atoms. The lowest BCUT2D eigenvalue weighted by Crippen LogP contribution is -2.49. The second kappa shape index (κ2) is 10.2. The summed E-state index contributed by atoms with van der Waals surface area (Å²) in [6.45, 7) is 7.06. The van der Waals surface area contributed by atoms with Crippen LogP contribution in [-0.4, -0.2) is 61.0 Å². The maximum absolute atomic E-state index is 11.7. The molecule has 11 nitrogen and oxygen atoms in total. The molecule has 3 aromatic heterocycles. The highest BCUT2D eigenvalue weighted by Crippen LogP contribution is 2.39. The molecule has 1 saturated heterocycles. The number of morpholine rings is 1. The maximum atomic E-state index is 11.7. The number of ether oxygens (including phenoxy) is 1. The van der Waals surface area contributed by atoms with Crippen molar-refractivity contribution in [2.45, 2.75) is 103 Å². The van der Waals surface area contributed by atoms with Crippen LogP contribution < -0.4 is 16.0 Å². The van der Waals surface area contributed by atoms with Crippen molar-refractivity contribution in [1.82, 2.24) is 29.7 Å². The van der Waals surface area contributed by atoms with Gasteiger partial charge in [0.05, 0.1) is 18.8 Å². The van der Waals surface area contributed by atoms with Crippen LogP contribution in [0.15, 0.2) is 9.32 Å². The number of anilines is 2. The van der Waals surface area contributed by atoms with Gasteiger partial charge in [-0.15, -0.1) is 4.98 Å². The van der Waals surface area contributed by atoms with E-state index in [0.29, 0.717) is 36.0 Å². The lowest BCUT2D eigenvalue weighted by atomic mass is 9.80. The van der Waals surface area contributed by atoms with Crippen molar-refractivity contribution in [1.29, 1.82) is 0 Å². The molecule has 0 spiro atoms. The summed E-state index contributed by atoms with van der Waals surface area (Å²) in [5.74, 6) is 3.61. The largest absolute Gasteiger partial charge is 0.460 e. The minimum atomic E-state index is -0.690. The first-order valence-electron chi connectivity index (χ1n) is 15.0. The van der Waals surface area contributed by atoms with E-state index in [0.717, 1.165) is 49.1 Å². The third-order valence-electron chi connectivity index (χ3n) is 9.77. The van der Waals surface area contributed by atoms with Gasteiger partial charge in [-0.25, -0.2) is 14.8 Å². The van der Waals surface area contributed by atoms with Gasteiger partial charge in [0.1, 0.15) is 5.52 Å². The molecule has 1 aliphatic heterocycles. The van der Waals surface area contributed by atoms with Crippen LogP contribution in [0.5, 0.6) is 0 Å². The predicted molar refractivity (Wildman–Crippen MR) is 148 cm³/mol. The second-order valence-corrected chi connectivity index (χ2v) is 12.4. The first-order chi connectivity index (χ1) is 19.0. The summed E-state index contributed by atoms with van der Waals surface area (Å²) >= 11 is 0. The Morgan fingerprint density at radius 3 is 2.59 bits per heavy atom. The van der Waals surface area contributed by atoms with Gasteiger partial charge >= 0.3 is 5.76 Å². The average molecular weight is 537 g/mol. The van der Waals surface area contributed by atoms with E-state index in [9.17, 15) is 4.79 Å². The molecule has 3 aromatic rings. The summed E-state index contributed by atoms with van der Waals surface area (Å²) in [6.07, 6.45) is 12.4. The molecule has 4 heterocycles. The van der Waals surface area contributed by atoms with E-state index in [1.54, 1.807) is 0 Å². The first-order valence-corrected chi connectivity index (χ1v) is 15.0. The monoisotopic (exact) mass is 536 g/mol. The summed E-state index contributed by atoms with van der Waals surface area (Å²) in [5, 5.41) is 6.33. The Bertz CT molecular complexity index is 1370. The Balaban J connectivity index is 1.36. The van der Waals surface area contributed by atoms with Gasteiger partial charge in [0.25, 0.3) is 0 Å². The van der Waals surface area contributed by atoms with Crippen LogP contribution in [0.2, 0.25) is 0 Å². The highest BCUT2D eigenvalue weighted by Gasteiger charge is 2.39. The van der Waals surface area contributed by atoms with E-state index in [4.69, 9.17) is 24.2 Å². The third kappa shape index (κ3) is 4.72. The second-order valence-electron chi connectivity index (χ2n) is 12.4. The first kappa shape index (κ1) is 25.0. The molecular formula is C28H40N8O3. The van der Waals surface area contributed by atoms with E-state index < -0.39 is 5.76 Å². The van der Waals surface area contributed by atoms with Crippen molar-refractivity contribution in [3.63, 3.8) is 0 Å². The zero-order valence-corrected chi connectivity index (χ0v) is 23.1. The number of aromatic amines is 1. The fourth-order valence-electron chi connectivity index (χ4n) is 7.17. The van der Waals surface area contributed by atoms with Crippen LogP contribution in [-0.2, 0) is 11.3 Å². The number of imidazole rings is 1. The number of hydrogen-bond donors (Lipinski definition) is 2. The summed E-state index contributed by atoms with van der Waals surface area (Å²) in [7, 11) is 0. The summed E-state index contributed by atoms with van der Waals surface area (Å²) in [6, 6.07) is 0.608. The van der Waals surface area contributed by atoms with Gasteiger partial charge < -0.3 is 24.0 Å². The molecule has 2 N–H and O–H groups in total. The smallest absolute Gasteiger partial charge is 0.374 e. The van der Waals surface area contributed by atoms with Gasteiger partial charge in [0, 0.05) is 19.1 Å². The maximum Gasteiger partial charge on any atom is 0.460 e. The highest BCUT2D eigenvalue weighted by atomic mass is 16.5. The van der Waals surface area contributed by atoms with Crippen molar-refractivity contribution < 1.29 is 9.26 Å². The number of nitrogens with one attached hydrogen (secondary N) is 2. The lowest BCUT2D eigenvalue weighted by molar-refractivity contribution is 0.0247. The van der Waals surface area contributed by atoms with E-state index in [1.165, 1.54) is 51.4 Å². The van der Waals surface area contributed by atoms with Gasteiger partial charge in [-0.1, -0.05) is 26.2 Å². The molecule has 0 amide bonds. The van der Waals surface area contributed by atoms with Crippen molar-refractivity contribution in [3.05, 3.63) is 10.6 Å². The molecule has 7 rings (SSSR count). The molecule has 0 aromatic carbocycles. The van der Waals surface area contributed by atoms with Gasteiger partial charge in [-0.3, -0.25) is 0 Å². The number of hydrogen-bond acceptors (Lipinski definition) is 9. The van der Waals surface area contributed by atoms with Crippen molar-refractivity contribution in [2.24, 2.45) is 17.8 Å². The zero-order chi connectivity index (χ0) is 26.5. The van der Waals surface area contributed by atoms with Crippen molar-refractivity contribution in [3.8, 4) is 11.6 Å². The molecule has 2 unspecified atom stereocenters. The molecule has 3 atom stereocenters. The number of H-pyrrole nitrogens is 1. The number of rotatable bonds is 7. The van der Waals surface area contributed by atoms with Crippen LogP contribution in [0.4, 0.5) is 11.8 Å². The summed E-state index contributed by atoms with van der Waals surface area (Å²) in [5.41, 5.74) is 1.58. The van der Waals surface area contributed by atoms with E-state index in [2.05, 4.69) is 38.8 Å². The Morgan fingerprint density at radius 1 is 1.03 bits per heavy atom. The molecule has 4 aliphatic rings. The zero-order valence-electron chi connectivity index (χ0n) is 23.1. The lowest BCUT2D eigenvalue weighted by Gasteiger charge is -2.39. The summed E-state index contributed by atoms with van der Waals surface area (Å²) < 4.78 is 13.4. The number of aromatic nitrogens is 6. The quantitative estimate of drug-likeness (QED) is 0.453.